The highest BCUT2D eigenvalue weighted by Crippen LogP contribution is 2.20. The first kappa shape index (κ1) is 20.0. The van der Waals surface area contributed by atoms with Crippen LogP contribution in [-0.2, 0) is 16.6 Å². The summed E-state index contributed by atoms with van der Waals surface area (Å²) in [5.74, 6) is 0.918. The number of rotatable bonds is 7. The van der Waals surface area contributed by atoms with E-state index in [0.29, 0.717) is 22.9 Å². The molecule has 1 aromatic heterocycles. The van der Waals surface area contributed by atoms with E-state index in [2.05, 4.69) is 26.0 Å². The summed E-state index contributed by atoms with van der Waals surface area (Å²) in [4.78, 5) is 12.3. The van der Waals surface area contributed by atoms with Crippen molar-refractivity contribution in [3.05, 3.63) is 76.7 Å². The second-order valence-electron chi connectivity index (χ2n) is 5.92. The van der Waals surface area contributed by atoms with Crippen molar-refractivity contribution in [2.45, 2.75) is 6.61 Å². The largest absolute Gasteiger partial charge is 0.486 e. The summed E-state index contributed by atoms with van der Waals surface area (Å²) in [6.45, 7) is 0.190. The second-order valence-corrected chi connectivity index (χ2v) is 8.58. The quantitative estimate of drug-likeness (QED) is 0.544. The Hall–Kier alpha value is -2.78. The summed E-state index contributed by atoms with van der Waals surface area (Å²) in [5.41, 5.74) is 0.915. The Balaban J connectivity index is 1.58. The van der Waals surface area contributed by atoms with Crippen LogP contribution < -0.4 is 14.8 Å². The number of benzene rings is 2. The Bertz CT molecular complexity index is 1080. The summed E-state index contributed by atoms with van der Waals surface area (Å²) >= 11 is 3.37. The molecule has 0 atom stereocenters. The maximum Gasteiger partial charge on any atom is 0.291 e. The van der Waals surface area contributed by atoms with Crippen molar-refractivity contribution in [1.82, 2.24) is 0 Å². The van der Waals surface area contributed by atoms with Crippen molar-refractivity contribution in [2.75, 3.05) is 16.3 Å². The van der Waals surface area contributed by atoms with E-state index in [-0.39, 0.29) is 12.4 Å². The zero-order chi connectivity index (χ0) is 20.1. The summed E-state index contributed by atoms with van der Waals surface area (Å²) in [6, 6.07) is 16.9. The molecule has 0 fully saturated rings. The fourth-order valence-electron chi connectivity index (χ4n) is 2.32. The Morgan fingerprint density at radius 3 is 2.46 bits per heavy atom. The van der Waals surface area contributed by atoms with Crippen LogP contribution in [0.2, 0.25) is 0 Å². The molecule has 0 saturated heterocycles. The van der Waals surface area contributed by atoms with Crippen molar-refractivity contribution in [3.63, 3.8) is 0 Å². The molecule has 0 radical (unpaired) electrons. The number of halogens is 1. The minimum absolute atomic E-state index is 0.145. The number of ether oxygens (including phenoxy) is 1. The zero-order valence-electron chi connectivity index (χ0n) is 14.8. The van der Waals surface area contributed by atoms with Gasteiger partial charge in [-0.25, -0.2) is 8.42 Å². The molecule has 7 nitrogen and oxygen atoms in total. The van der Waals surface area contributed by atoms with Gasteiger partial charge in [0.25, 0.3) is 5.91 Å². The fourth-order valence-corrected chi connectivity index (χ4v) is 3.26. The van der Waals surface area contributed by atoms with Gasteiger partial charge in [0.1, 0.15) is 18.1 Å². The Morgan fingerprint density at radius 1 is 1.07 bits per heavy atom. The van der Waals surface area contributed by atoms with Gasteiger partial charge in [0, 0.05) is 15.8 Å². The van der Waals surface area contributed by atoms with E-state index in [0.717, 1.165) is 10.7 Å². The molecule has 0 saturated carbocycles. The highest BCUT2D eigenvalue weighted by molar-refractivity contribution is 9.10. The maximum absolute atomic E-state index is 12.3. The minimum Gasteiger partial charge on any atom is -0.486 e. The van der Waals surface area contributed by atoms with Crippen LogP contribution in [0, 0.1) is 0 Å². The highest BCUT2D eigenvalue weighted by atomic mass is 79.9. The molecule has 0 aliphatic carbocycles. The number of furan rings is 1. The topological polar surface area (TPSA) is 97.6 Å². The molecule has 146 valence electrons. The smallest absolute Gasteiger partial charge is 0.291 e. The van der Waals surface area contributed by atoms with Crippen molar-refractivity contribution in [2.24, 2.45) is 0 Å². The molecule has 0 aliphatic rings. The van der Waals surface area contributed by atoms with Gasteiger partial charge in [0.15, 0.2) is 5.76 Å². The molecular formula is C19H17BrN2O5S. The third-order valence-corrected chi connectivity index (χ3v) is 4.61. The number of hydrogen-bond donors (Lipinski definition) is 2. The third-order valence-electron chi connectivity index (χ3n) is 3.51. The summed E-state index contributed by atoms with van der Waals surface area (Å²) in [7, 11) is -3.35. The molecule has 3 aromatic rings. The average molecular weight is 465 g/mol. The molecule has 0 bridgehead atoms. The van der Waals surface area contributed by atoms with Crippen LogP contribution in [0.5, 0.6) is 5.75 Å². The first-order valence-corrected chi connectivity index (χ1v) is 10.8. The van der Waals surface area contributed by atoms with Crippen molar-refractivity contribution < 1.29 is 22.4 Å². The van der Waals surface area contributed by atoms with E-state index in [9.17, 15) is 13.2 Å². The molecule has 0 spiro atoms. The lowest BCUT2D eigenvalue weighted by Crippen LogP contribution is -2.12. The lowest BCUT2D eigenvalue weighted by molar-refractivity contribution is 0.0992. The Labute approximate surface area is 170 Å². The van der Waals surface area contributed by atoms with Crippen molar-refractivity contribution >= 4 is 43.2 Å². The van der Waals surface area contributed by atoms with Gasteiger partial charge in [0.05, 0.1) is 6.26 Å². The highest BCUT2D eigenvalue weighted by Gasteiger charge is 2.12. The van der Waals surface area contributed by atoms with Gasteiger partial charge in [-0.15, -0.1) is 0 Å². The lowest BCUT2D eigenvalue weighted by Gasteiger charge is -2.06. The normalized spacial score (nSPS) is 11.1. The van der Waals surface area contributed by atoms with Gasteiger partial charge in [-0.3, -0.25) is 9.52 Å². The molecular weight excluding hydrogens is 448 g/mol. The SMILES string of the molecule is CS(=O)(=O)Nc1ccc(NC(=O)c2ccc(COc3cccc(Br)c3)o2)cc1. The second kappa shape index (κ2) is 8.49. The third kappa shape index (κ3) is 5.86. The number of sulfonamides is 1. The molecule has 2 N–H and O–H groups in total. The first-order chi connectivity index (χ1) is 13.3. The fraction of sp³-hybridized carbons (Fsp3) is 0.105. The van der Waals surface area contributed by atoms with Gasteiger partial charge in [-0.05, 0) is 54.6 Å². The minimum atomic E-state index is -3.35. The van der Waals surface area contributed by atoms with Gasteiger partial charge in [0.2, 0.25) is 10.0 Å². The molecule has 3 rings (SSSR count). The molecule has 9 heteroatoms. The van der Waals surface area contributed by atoms with E-state index >= 15 is 0 Å². The van der Waals surface area contributed by atoms with Gasteiger partial charge in [-0.2, -0.15) is 0 Å². The van der Waals surface area contributed by atoms with E-state index in [1.807, 2.05) is 24.3 Å². The van der Waals surface area contributed by atoms with Crippen LogP contribution in [0.4, 0.5) is 11.4 Å². The van der Waals surface area contributed by atoms with Crippen LogP contribution in [0.3, 0.4) is 0 Å². The molecule has 2 aromatic carbocycles. The molecule has 0 aliphatic heterocycles. The molecule has 0 unspecified atom stereocenters. The predicted molar refractivity (Wildman–Crippen MR) is 110 cm³/mol. The van der Waals surface area contributed by atoms with Crippen LogP contribution in [0.1, 0.15) is 16.3 Å². The molecule has 28 heavy (non-hydrogen) atoms. The van der Waals surface area contributed by atoms with Gasteiger partial charge >= 0.3 is 0 Å². The van der Waals surface area contributed by atoms with Crippen LogP contribution >= 0.6 is 15.9 Å². The molecule has 1 amide bonds. The molecule has 1 heterocycles. The van der Waals surface area contributed by atoms with Crippen LogP contribution in [0.15, 0.2) is 69.6 Å². The standard InChI is InChI=1S/C19H17BrN2O5S/c1-28(24,25)22-15-7-5-14(6-8-15)21-19(23)18-10-9-17(27-18)12-26-16-4-2-3-13(20)11-16/h2-11,22H,12H2,1H3,(H,21,23). The number of carbonyl (C=O) groups excluding carboxylic acids is 1. The maximum atomic E-state index is 12.3. The lowest BCUT2D eigenvalue weighted by atomic mass is 10.3. The van der Waals surface area contributed by atoms with Gasteiger partial charge in [-0.1, -0.05) is 22.0 Å². The number of hydrogen-bond acceptors (Lipinski definition) is 5. The van der Waals surface area contributed by atoms with E-state index in [1.165, 1.54) is 0 Å². The number of anilines is 2. The number of carbonyl (C=O) groups is 1. The van der Waals surface area contributed by atoms with E-state index in [4.69, 9.17) is 9.15 Å². The number of nitrogens with one attached hydrogen (secondary N) is 2. The first-order valence-electron chi connectivity index (χ1n) is 8.15. The van der Waals surface area contributed by atoms with Crippen LogP contribution in [0.25, 0.3) is 0 Å². The average Bonchev–Trinajstić information content (AvgIpc) is 3.10. The van der Waals surface area contributed by atoms with Crippen LogP contribution in [-0.4, -0.2) is 20.6 Å². The van der Waals surface area contributed by atoms with E-state index < -0.39 is 15.9 Å². The zero-order valence-corrected chi connectivity index (χ0v) is 17.2. The summed E-state index contributed by atoms with van der Waals surface area (Å²) in [5, 5.41) is 2.69. The Morgan fingerprint density at radius 2 is 1.79 bits per heavy atom. The van der Waals surface area contributed by atoms with Crippen molar-refractivity contribution in [3.8, 4) is 5.75 Å². The number of amides is 1. The van der Waals surface area contributed by atoms with Gasteiger partial charge < -0.3 is 14.5 Å². The monoisotopic (exact) mass is 464 g/mol. The van der Waals surface area contributed by atoms with Crippen molar-refractivity contribution in [1.29, 1.82) is 0 Å². The Kier molecular flexibility index (Phi) is 6.05. The van der Waals surface area contributed by atoms with E-state index in [1.54, 1.807) is 36.4 Å². The summed E-state index contributed by atoms with van der Waals surface area (Å²) in [6.07, 6.45) is 1.07. The summed E-state index contributed by atoms with van der Waals surface area (Å²) < 4.78 is 36.8. The predicted octanol–water partition coefficient (Wildman–Crippen LogP) is 4.24.